The number of nitrogens with two attached hydrogens (primary N) is 1. The van der Waals surface area contributed by atoms with Crippen LogP contribution in [0, 0.1) is 12.3 Å². The van der Waals surface area contributed by atoms with Crippen molar-refractivity contribution in [3.8, 4) is 0 Å². The fourth-order valence-corrected chi connectivity index (χ4v) is 3.22. The molecule has 1 aromatic rings. The number of ether oxygens (including phenoxy) is 1. The first-order chi connectivity index (χ1) is 14.5. The number of nitrogens with zero attached hydrogens (tertiary/aromatic N) is 2. The third kappa shape index (κ3) is 6.71. The molecule has 0 unspecified atom stereocenters. The molecule has 0 amide bonds. The Labute approximate surface area is 179 Å². The third-order valence-electron chi connectivity index (χ3n) is 4.91. The largest absolute Gasteiger partial charge is 0.491 e. The molecule has 0 aliphatic heterocycles. The van der Waals surface area contributed by atoms with Gasteiger partial charge in [-0.1, -0.05) is 26.2 Å². The summed E-state index contributed by atoms with van der Waals surface area (Å²) < 4.78 is 5.79. The first kappa shape index (κ1) is 23.6. The summed E-state index contributed by atoms with van der Waals surface area (Å²) in [5.41, 5.74) is 10.0. The van der Waals surface area contributed by atoms with Gasteiger partial charge in [-0.2, -0.15) is 0 Å². The van der Waals surface area contributed by atoms with Gasteiger partial charge in [-0.05, 0) is 43.2 Å². The standard InChI is InChI=1S/C23H34N4O3/c1-3-4-5-6-13-30-23-16-22(19(24)15-20(23)25)26-21-8-7-18(14-17(21)2)27(9-11-28)10-12-29/h7-8,14-16,25,28-29H,3-6,9-13,24H2,1-2H3. The van der Waals surface area contributed by atoms with Gasteiger partial charge in [0, 0.05) is 24.9 Å². The summed E-state index contributed by atoms with van der Waals surface area (Å²) in [6.45, 7) is 5.64. The Hall–Kier alpha value is -2.64. The predicted molar refractivity (Wildman–Crippen MR) is 123 cm³/mol. The van der Waals surface area contributed by atoms with Gasteiger partial charge in [0.15, 0.2) is 0 Å². The summed E-state index contributed by atoms with van der Waals surface area (Å²) >= 11 is 0. The van der Waals surface area contributed by atoms with Crippen molar-refractivity contribution >= 4 is 22.8 Å². The average Bonchev–Trinajstić information content (AvgIpc) is 2.72. The maximum absolute atomic E-state index is 9.24. The van der Waals surface area contributed by atoms with Crippen molar-refractivity contribution in [1.29, 1.82) is 5.41 Å². The molecule has 0 fully saturated rings. The minimum atomic E-state index is 0.0163. The number of aliphatic hydroxyl groups is 2. The van der Waals surface area contributed by atoms with Crippen molar-refractivity contribution in [3.63, 3.8) is 0 Å². The lowest BCUT2D eigenvalue weighted by Gasteiger charge is -2.23. The number of allylic oxidation sites excluding steroid dienone is 2. The Morgan fingerprint density at radius 2 is 1.83 bits per heavy atom. The van der Waals surface area contributed by atoms with Gasteiger partial charge in [-0.15, -0.1) is 0 Å². The summed E-state index contributed by atoms with van der Waals surface area (Å²) in [4.78, 5) is 6.61. The van der Waals surface area contributed by atoms with Crippen LogP contribution in [0.4, 0.5) is 11.4 Å². The molecule has 2 rings (SSSR count). The highest BCUT2D eigenvalue weighted by atomic mass is 16.5. The van der Waals surface area contributed by atoms with Crippen molar-refractivity contribution in [2.24, 2.45) is 10.7 Å². The van der Waals surface area contributed by atoms with E-state index in [2.05, 4.69) is 11.9 Å². The van der Waals surface area contributed by atoms with Crippen LogP contribution >= 0.6 is 0 Å². The van der Waals surface area contributed by atoms with Crippen LogP contribution in [-0.2, 0) is 4.74 Å². The van der Waals surface area contributed by atoms with E-state index < -0.39 is 0 Å². The van der Waals surface area contributed by atoms with Gasteiger partial charge in [0.25, 0.3) is 0 Å². The monoisotopic (exact) mass is 414 g/mol. The normalized spacial score (nSPS) is 15.2. The average molecular weight is 415 g/mol. The highest BCUT2D eigenvalue weighted by Gasteiger charge is 2.16. The molecule has 1 aliphatic carbocycles. The summed E-state index contributed by atoms with van der Waals surface area (Å²) in [7, 11) is 0. The van der Waals surface area contributed by atoms with E-state index in [1.165, 1.54) is 12.8 Å². The zero-order chi connectivity index (χ0) is 21.9. The van der Waals surface area contributed by atoms with Crippen LogP contribution in [0.1, 0.15) is 38.2 Å². The number of benzene rings is 1. The van der Waals surface area contributed by atoms with Gasteiger partial charge in [-0.3, -0.25) is 5.41 Å². The van der Waals surface area contributed by atoms with Crippen molar-refractivity contribution in [3.05, 3.63) is 47.4 Å². The quantitative estimate of drug-likeness (QED) is 0.310. The van der Waals surface area contributed by atoms with Crippen LogP contribution in [0.25, 0.3) is 0 Å². The molecular formula is C23H34N4O3. The molecule has 0 radical (unpaired) electrons. The first-order valence-corrected chi connectivity index (χ1v) is 10.6. The predicted octanol–water partition coefficient (Wildman–Crippen LogP) is 3.22. The van der Waals surface area contributed by atoms with Crippen LogP contribution in [0.3, 0.4) is 0 Å². The van der Waals surface area contributed by atoms with Crippen molar-refractivity contribution in [2.75, 3.05) is 37.8 Å². The molecular weight excluding hydrogens is 380 g/mol. The Balaban J connectivity index is 2.18. The van der Waals surface area contributed by atoms with E-state index >= 15 is 0 Å². The Kier molecular flexibility index (Phi) is 9.57. The summed E-state index contributed by atoms with van der Waals surface area (Å²) in [5, 5.41) is 26.6. The van der Waals surface area contributed by atoms with Crippen LogP contribution in [-0.4, -0.2) is 54.5 Å². The fraction of sp³-hybridized carbons (Fsp3) is 0.478. The number of anilines is 1. The summed E-state index contributed by atoms with van der Waals surface area (Å²) in [6.07, 6.45) is 7.74. The van der Waals surface area contributed by atoms with Crippen LogP contribution < -0.4 is 10.6 Å². The van der Waals surface area contributed by atoms with E-state index in [9.17, 15) is 10.2 Å². The van der Waals surface area contributed by atoms with Crippen molar-refractivity contribution in [1.82, 2.24) is 0 Å². The molecule has 0 saturated carbocycles. The summed E-state index contributed by atoms with van der Waals surface area (Å²) in [6, 6.07) is 5.79. The van der Waals surface area contributed by atoms with Crippen LogP contribution in [0.15, 0.2) is 46.8 Å². The summed E-state index contributed by atoms with van der Waals surface area (Å²) in [5.74, 6) is 0.491. The smallest absolute Gasteiger partial charge is 0.146 e. The number of aliphatic hydroxyl groups excluding tert-OH is 2. The second-order valence-electron chi connectivity index (χ2n) is 7.33. The van der Waals surface area contributed by atoms with Gasteiger partial charge in [0.05, 0.1) is 42.6 Å². The Bertz CT molecular complexity index is 809. The molecule has 7 heteroatoms. The van der Waals surface area contributed by atoms with Gasteiger partial charge in [0.1, 0.15) is 5.76 Å². The second kappa shape index (κ2) is 12.1. The molecule has 0 spiro atoms. The molecule has 0 saturated heterocycles. The zero-order valence-electron chi connectivity index (χ0n) is 18.0. The van der Waals surface area contributed by atoms with E-state index in [1.54, 1.807) is 12.2 Å². The molecule has 0 heterocycles. The number of hydrogen-bond donors (Lipinski definition) is 4. The van der Waals surface area contributed by atoms with Gasteiger partial charge >= 0.3 is 0 Å². The molecule has 1 aromatic carbocycles. The van der Waals surface area contributed by atoms with E-state index in [-0.39, 0.29) is 18.9 Å². The number of unbranched alkanes of at least 4 members (excludes halogenated alkanes) is 3. The van der Waals surface area contributed by atoms with Crippen molar-refractivity contribution < 1.29 is 14.9 Å². The molecule has 30 heavy (non-hydrogen) atoms. The second-order valence-corrected chi connectivity index (χ2v) is 7.33. The molecule has 164 valence electrons. The van der Waals surface area contributed by atoms with Crippen LogP contribution in [0.5, 0.6) is 0 Å². The lowest BCUT2D eigenvalue weighted by Crippen LogP contribution is -2.29. The Morgan fingerprint density at radius 1 is 1.10 bits per heavy atom. The molecule has 1 aliphatic rings. The van der Waals surface area contributed by atoms with E-state index in [1.807, 2.05) is 30.0 Å². The maximum Gasteiger partial charge on any atom is 0.146 e. The molecule has 7 nitrogen and oxygen atoms in total. The zero-order valence-corrected chi connectivity index (χ0v) is 18.0. The van der Waals surface area contributed by atoms with Crippen molar-refractivity contribution in [2.45, 2.75) is 39.5 Å². The first-order valence-electron chi connectivity index (χ1n) is 10.6. The number of hydrogen-bond acceptors (Lipinski definition) is 7. The van der Waals surface area contributed by atoms with E-state index in [0.717, 1.165) is 29.8 Å². The maximum atomic E-state index is 9.24. The molecule has 5 N–H and O–H groups in total. The number of aryl methyl sites for hydroxylation is 1. The number of rotatable bonds is 12. The van der Waals surface area contributed by atoms with Crippen LogP contribution in [0.2, 0.25) is 0 Å². The highest BCUT2D eigenvalue weighted by Crippen LogP contribution is 2.26. The topological polar surface area (TPSA) is 115 Å². The minimum Gasteiger partial charge on any atom is -0.491 e. The van der Waals surface area contributed by atoms with E-state index in [4.69, 9.17) is 15.9 Å². The van der Waals surface area contributed by atoms with Gasteiger partial charge in [0.2, 0.25) is 0 Å². The molecule has 0 bridgehead atoms. The fourth-order valence-electron chi connectivity index (χ4n) is 3.22. The Morgan fingerprint density at radius 3 is 2.47 bits per heavy atom. The SMILES string of the molecule is CCCCCCOC1=CC(=Nc2ccc(N(CCO)CCO)cc2C)C(N)=CC1=N. The van der Waals surface area contributed by atoms with Gasteiger partial charge < -0.3 is 25.6 Å². The minimum absolute atomic E-state index is 0.0163. The lowest BCUT2D eigenvalue weighted by atomic mass is 10.1. The molecule has 0 aromatic heterocycles. The molecule has 0 atom stereocenters. The highest BCUT2D eigenvalue weighted by molar-refractivity contribution is 6.22. The third-order valence-corrected chi connectivity index (χ3v) is 4.91. The lowest BCUT2D eigenvalue weighted by molar-refractivity contribution is 0.223. The number of nitrogens with one attached hydrogen (secondary N) is 1. The number of aliphatic imine (C=N–C) groups is 1. The van der Waals surface area contributed by atoms with E-state index in [0.29, 0.717) is 36.9 Å². The van der Waals surface area contributed by atoms with Gasteiger partial charge in [-0.25, -0.2) is 4.99 Å².